The molecule has 0 aliphatic heterocycles. The fraction of sp³-hybridized carbons (Fsp3) is 0.190. The molecule has 0 unspecified atom stereocenters. The van der Waals surface area contributed by atoms with Gasteiger partial charge in [0.15, 0.2) is 0 Å². The topological polar surface area (TPSA) is 12.4 Å². The van der Waals surface area contributed by atoms with Gasteiger partial charge in [-0.15, -0.1) is 0 Å². The minimum atomic E-state index is 0.899. The van der Waals surface area contributed by atoms with Crippen molar-refractivity contribution in [1.29, 1.82) is 0 Å². The molecule has 1 nitrogen and oxygen atoms in total. The lowest BCUT2D eigenvalue weighted by Crippen LogP contribution is -1.85. The zero-order chi connectivity index (χ0) is 15.9. The highest BCUT2D eigenvalue weighted by Crippen LogP contribution is 2.16. The predicted molar refractivity (Wildman–Crippen MR) is 97.5 cm³/mol. The number of aryl methyl sites for hydroxylation is 3. The van der Waals surface area contributed by atoms with Crippen LogP contribution in [-0.4, -0.2) is 6.72 Å². The van der Waals surface area contributed by atoms with Gasteiger partial charge in [0, 0.05) is 5.56 Å². The average molecular weight is 289 g/mol. The van der Waals surface area contributed by atoms with E-state index < -0.39 is 0 Å². The molecule has 2 aromatic rings. The van der Waals surface area contributed by atoms with Crippen LogP contribution in [0.25, 0.3) is 5.70 Å². The van der Waals surface area contributed by atoms with E-state index in [1.807, 2.05) is 6.08 Å². The van der Waals surface area contributed by atoms with Crippen LogP contribution in [0.15, 0.2) is 65.7 Å². The van der Waals surface area contributed by atoms with Crippen molar-refractivity contribution in [2.45, 2.75) is 27.2 Å². The number of hydrogen-bond acceptors (Lipinski definition) is 1. The smallest absolute Gasteiger partial charge is 0.0694 e. The predicted octanol–water partition coefficient (Wildman–Crippen LogP) is 5.45. The summed E-state index contributed by atoms with van der Waals surface area (Å²) in [5.41, 5.74) is 7.25. The fourth-order valence-corrected chi connectivity index (χ4v) is 2.26. The van der Waals surface area contributed by atoms with Crippen molar-refractivity contribution in [2.75, 3.05) is 0 Å². The van der Waals surface area contributed by atoms with E-state index in [1.54, 1.807) is 0 Å². The van der Waals surface area contributed by atoms with E-state index in [0.717, 1.165) is 17.7 Å². The fourth-order valence-electron chi connectivity index (χ4n) is 2.26. The van der Waals surface area contributed by atoms with Gasteiger partial charge in [0.2, 0.25) is 0 Å². The van der Waals surface area contributed by atoms with E-state index in [4.69, 9.17) is 0 Å². The number of benzene rings is 2. The summed E-state index contributed by atoms with van der Waals surface area (Å²) in [6.45, 7) is 10.0. The second-order valence-corrected chi connectivity index (χ2v) is 5.63. The van der Waals surface area contributed by atoms with Crippen LogP contribution in [0.3, 0.4) is 0 Å². The molecule has 0 fully saturated rings. The lowest BCUT2D eigenvalue weighted by molar-refractivity contribution is 1.22. The van der Waals surface area contributed by atoms with E-state index in [2.05, 4.69) is 87.1 Å². The third kappa shape index (κ3) is 4.29. The standard InChI is InChI=1S/C21H23N/c1-16-9-13-20(14-10-16)21(22-4)8-6-5-7-19-12-11-17(2)18(3)15-19/h5-6,8-15H,4,7H2,1-3H3/b6-5-,21-8-. The molecule has 0 aromatic heterocycles. The van der Waals surface area contributed by atoms with Crippen LogP contribution in [0.4, 0.5) is 0 Å². The maximum absolute atomic E-state index is 4.12. The molecule has 0 spiro atoms. The van der Waals surface area contributed by atoms with Gasteiger partial charge in [-0.2, -0.15) is 0 Å². The van der Waals surface area contributed by atoms with E-state index in [9.17, 15) is 0 Å². The molecule has 112 valence electrons. The van der Waals surface area contributed by atoms with Gasteiger partial charge >= 0.3 is 0 Å². The Morgan fingerprint density at radius 1 is 1.00 bits per heavy atom. The molecular formula is C21H23N. The van der Waals surface area contributed by atoms with E-state index in [1.165, 1.54) is 22.3 Å². The molecule has 0 aliphatic carbocycles. The molecule has 0 amide bonds. The quantitative estimate of drug-likeness (QED) is 0.512. The summed E-state index contributed by atoms with van der Waals surface area (Å²) in [4.78, 5) is 4.12. The van der Waals surface area contributed by atoms with Crippen LogP contribution < -0.4 is 0 Å². The Kier molecular flexibility index (Phi) is 5.48. The Balaban J connectivity index is 2.06. The van der Waals surface area contributed by atoms with Crippen LogP contribution in [0.5, 0.6) is 0 Å². The van der Waals surface area contributed by atoms with Gasteiger partial charge in [0.05, 0.1) is 5.70 Å². The van der Waals surface area contributed by atoms with Crippen molar-refractivity contribution in [1.82, 2.24) is 0 Å². The first-order chi connectivity index (χ1) is 10.6. The van der Waals surface area contributed by atoms with Crippen LogP contribution in [-0.2, 0) is 6.42 Å². The second-order valence-electron chi connectivity index (χ2n) is 5.63. The van der Waals surface area contributed by atoms with Gasteiger partial charge < -0.3 is 0 Å². The second kappa shape index (κ2) is 7.56. The SMILES string of the molecule is C=N/C(=C\C=C/Cc1ccc(C)c(C)c1)c1ccc(C)cc1. The summed E-state index contributed by atoms with van der Waals surface area (Å²) >= 11 is 0. The van der Waals surface area contributed by atoms with Crippen LogP contribution >= 0.6 is 0 Å². The minimum absolute atomic E-state index is 0.899. The first-order valence-corrected chi connectivity index (χ1v) is 7.57. The highest BCUT2D eigenvalue weighted by molar-refractivity contribution is 5.69. The number of aliphatic imine (C=N–C) groups is 1. The van der Waals surface area contributed by atoms with Crippen molar-refractivity contribution in [3.8, 4) is 0 Å². The van der Waals surface area contributed by atoms with Crippen LogP contribution in [0, 0.1) is 20.8 Å². The highest BCUT2D eigenvalue weighted by atomic mass is 14.7. The normalized spacial score (nSPS) is 11.9. The number of allylic oxidation sites excluding steroid dienone is 3. The molecule has 2 rings (SSSR count). The number of hydrogen-bond donors (Lipinski definition) is 0. The van der Waals surface area contributed by atoms with Gasteiger partial charge in [0.1, 0.15) is 0 Å². The highest BCUT2D eigenvalue weighted by Gasteiger charge is 1.97. The van der Waals surface area contributed by atoms with Gasteiger partial charge in [0.25, 0.3) is 0 Å². The first-order valence-electron chi connectivity index (χ1n) is 7.57. The monoisotopic (exact) mass is 289 g/mol. The molecule has 0 atom stereocenters. The Morgan fingerprint density at radius 3 is 2.36 bits per heavy atom. The molecule has 22 heavy (non-hydrogen) atoms. The maximum atomic E-state index is 4.12. The number of nitrogens with zero attached hydrogens (tertiary/aromatic N) is 1. The van der Waals surface area contributed by atoms with Crippen LogP contribution in [0.1, 0.15) is 27.8 Å². The molecule has 0 aliphatic rings. The number of rotatable bonds is 5. The van der Waals surface area contributed by atoms with Gasteiger partial charge in [-0.3, -0.25) is 4.99 Å². The molecule has 0 radical (unpaired) electrons. The molecule has 0 heterocycles. The minimum Gasteiger partial charge on any atom is -0.264 e. The maximum Gasteiger partial charge on any atom is 0.0694 e. The molecule has 0 N–H and O–H groups in total. The van der Waals surface area contributed by atoms with E-state index >= 15 is 0 Å². The Bertz CT molecular complexity index is 703. The summed E-state index contributed by atoms with van der Waals surface area (Å²) in [6.07, 6.45) is 7.15. The van der Waals surface area contributed by atoms with Gasteiger partial charge in [-0.1, -0.05) is 60.2 Å². The van der Waals surface area contributed by atoms with Crippen molar-refractivity contribution >= 4 is 12.4 Å². The van der Waals surface area contributed by atoms with E-state index in [0.29, 0.717) is 0 Å². The lowest BCUT2D eigenvalue weighted by Gasteiger charge is -2.02. The Morgan fingerprint density at radius 2 is 1.73 bits per heavy atom. The van der Waals surface area contributed by atoms with Crippen molar-refractivity contribution in [2.24, 2.45) is 4.99 Å². The zero-order valence-electron chi connectivity index (χ0n) is 13.6. The van der Waals surface area contributed by atoms with Gasteiger partial charge in [-0.25, -0.2) is 0 Å². The summed E-state index contributed by atoms with van der Waals surface area (Å²) in [5.74, 6) is 0. The summed E-state index contributed by atoms with van der Waals surface area (Å²) in [6, 6.07) is 14.9. The molecule has 0 saturated carbocycles. The van der Waals surface area contributed by atoms with Gasteiger partial charge in [-0.05, 0) is 56.7 Å². The van der Waals surface area contributed by atoms with Crippen molar-refractivity contribution in [3.63, 3.8) is 0 Å². The molecule has 2 aromatic carbocycles. The zero-order valence-corrected chi connectivity index (χ0v) is 13.6. The summed E-state index contributed by atoms with van der Waals surface area (Å²) in [7, 11) is 0. The van der Waals surface area contributed by atoms with Crippen molar-refractivity contribution in [3.05, 3.63) is 88.5 Å². The van der Waals surface area contributed by atoms with Crippen LogP contribution in [0.2, 0.25) is 0 Å². The van der Waals surface area contributed by atoms with E-state index in [-0.39, 0.29) is 0 Å². The Labute approximate surface area is 133 Å². The molecular weight excluding hydrogens is 266 g/mol. The third-order valence-electron chi connectivity index (χ3n) is 3.83. The average Bonchev–Trinajstić information content (AvgIpc) is 2.52. The van der Waals surface area contributed by atoms with Crippen molar-refractivity contribution < 1.29 is 0 Å². The lowest BCUT2D eigenvalue weighted by atomic mass is 10.0. The summed E-state index contributed by atoms with van der Waals surface area (Å²) in [5, 5.41) is 0. The third-order valence-corrected chi connectivity index (χ3v) is 3.83. The Hall–Kier alpha value is -2.41. The summed E-state index contributed by atoms with van der Waals surface area (Å²) < 4.78 is 0. The molecule has 0 saturated heterocycles. The molecule has 1 heteroatoms. The molecule has 0 bridgehead atoms. The first kappa shape index (κ1) is 16.0. The largest absolute Gasteiger partial charge is 0.264 e.